The number of sulfonamides is 1. The van der Waals surface area contributed by atoms with Crippen molar-refractivity contribution >= 4 is 10.0 Å². The fourth-order valence-electron chi connectivity index (χ4n) is 2.92. The van der Waals surface area contributed by atoms with Crippen molar-refractivity contribution in [1.29, 1.82) is 0 Å². The first-order chi connectivity index (χ1) is 10.9. The second-order valence-corrected chi connectivity index (χ2v) is 8.00. The summed E-state index contributed by atoms with van der Waals surface area (Å²) < 4.78 is 26.7. The third-order valence-corrected chi connectivity index (χ3v) is 5.78. The molecule has 0 saturated carbocycles. The molecule has 23 heavy (non-hydrogen) atoms. The maximum Gasteiger partial charge on any atom is 0.211 e. The number of nitrogens with zero attached hydrogens (tertiary/aromatic N) is 5. The molecule has 0 spiro atoms. The van der Waals surface area contributed by atoms with Crippen LogP contribution in [-0.4, -0.2) is 51.6 Å². The first-order valence-electron chi connectivity index (χ1n) is 7.62. The van der Waals surface area contributed by atoms with Gasteiger partial charge in [0.25, 0.3) is 0 Å². The molecule has 0 bridgehead atoms. The van der Waals surface area contributed by atoms with Crippen molar-refractivity contribution in [2.75, 3.05) is 19.3 Å². The standard InChI is InChI=1S/C15H21N5O2S/c1-11-17-10-15(19(11)2)14-9-16-8-13(18-14)12-4-6-20(7-5-12)23(3,21)22/h8-10,12H,4-7H2,1-3H3. The largest absolute Gasteiger partial charge is 0.330 e. The molecule has 1 aliphatic rings. The molecule has 1 saturated heterocycles. The summed E-state index contributed by atoms with van der Waals surface area (Å²) in [5.41, 5.74) is 2.66. The average Bonchev–Trinajstić information content (AvgIpc) is 2.86. The Labute approximate surface area is 136 Å². The predicted molar refractivity (Wildman–Crippen MR) is 87.4 cm³/mol. The number of piperidine rings is 1. The van der Waals surface area contributed by atoms with Crippen molar-refractivity contribution in [3.05, 3.63) is 30.1 Å². The second kappa shape index (κ2) is 6.01. The molecule has 8 heteroatoms. The van der Waals surface area contributed by atoms with Gasteiger partial charge in [0, 0.05) is 32.3 Å². The third kappa shape index (κ3) is 3.28. The van der Waals surface area contributed by atoms with Crippen LogP contribution in [0, 0.1) is 6.92 Å². The summed E-state index contributed by atoms with van der Waals surface area (Å²) >= 11 is 0. The number of hydrogen-bond donors (Lipinski definition) is 0. The van der Waals surface area contributed by atoms with Crippen molar-refractivity contribution in [2.24, 2.45) is 7.05 Å². The normalized spacial score (nSPS) is 17.5. The Bertz CT molecular complexity index is 807. The first kappa shape index (κ1) is 16.1. The molecule has 3 rings (SSSR count). The van der Waals surface area contributed by atoms with Gasteiger partial charge in [-0.1, -0.05) is 0 Å². The molecule has 3 heterocycles. The molecule has 2 aromatic heterocycles. The van der Waals surface area contributed by atoms with Gasteiger partial charge in [-0.3, -0.25) is 4.98 Å². The van der Waals surface area contributed by atoms with Gasteiger partial charge in [-0.05, 0) is 19.8 Å². The van der Waals surface area contributed by atoms with E-state index in [-0.39, 0.29) is 5.92 Å². The quantitative estimate of drug-likeness (QED) is 0.845. The smallest absolute Gasteiger partial charge is 0.211 e. The van der Waals surface area contributed by atoms with Crippen molar-refractivity contribution < 1.29 is 8.42 Å². The van der Waals surface area contributed by atoms with Gasteiger partial charge in [-0.25, -0.2) is 22.7 Å². The third-order valence-electron chi connectivity index (χ3n) is 4.48. The van der Waals surface area contributed by atoms with Crippen LogP contribution in [0.5, 0.6) is 0 Å². The Morgan fingerprint density at radius 1 is 1.17 bits per heavy atom. The van der Waals surface area contributed by atoms with E-state index in [1.54, 1.807) is 18.6 Å². The summed E-state index contributed by atoms with van der Waals surface area (Å²) in [6, 6.07) is 0. The molecule has 1 fully saturated rings. The monoisotopic (exact) mass is 335 g/mol. The van der Waals surface area contributed by atoms with E-state index in [9.17, 15) is 8.42 Å². The molecule has 0 aliphatic carbocycles. The van der Waals surface area contributed by atoms with Crippen LogP contribution in [-0.2, 0) is 17.1 Å². The van der Waals surface area contributed by atoms with E-state index in [2.05, 4.69) is 9.97 Å². The minimum atomic E-state index is -3.10. The number of rotatable bonds is 3. The van der Waals surface area contributed by atoms with E-state index in [1.807, 2.05) is 18.5 Å². The lowest BCUT2D eigenvalue weighted by Crippen LogP contribution is -2.37. The van der Waals surface area contributed by atoms with Gasteiger partial charge >= 0.3 is 0 Å². The van der Waals surface area contributed by atoms with Crippen LogP contribution in [0.15, 0.2) is 18.6 Å². The molecule has 0 atom stereocenters. The topological polar surface area (TPSA) is 81.0 Å². The number of aromatic nitrogens is 4. The fourth-order valence-corrected chi connectivity index (χ4v) is 3.80. The maximum absolute atomic E-state index is 11.6. The molecule has 1 aliphatic heterocycles. The van der Waals surface area contributed by atoms with E-state index in [4.69, 9.17) is 4.98 Å². The van der Waals surface area contributed by atoms with Crippen LogP contribution in [0.2, 0.25) is 0 Å². The summed E-state index contributed by atoms with van der Waals surface area (Å²) in [5.74, 6) is 1.17. The number of hydrogen-bond acceptors (Lipinski definition) is 5. The van der Waals surface area contributed by atoms with Crippen LogP contribution in [0.3, 0.4) is 0 Å². The molecule has 0 N–H and O–H groups in total. The van der Waals surface area contributed by atoms with Crippen LogP contribution in [0.4, 0.5) is 0 Å². The van der Waals surface area contributed by atoms with Gasteiger partial charge in [0.2, 0.25) is 10.0 Å². The number of aryl methyl sites for hydroxylation is 1. The highest BCUT2D eigenvalue weighted by Gasteiger charge is 2.27. The minimum absolute atomic E-state index is 0.245. The molecule has 0 amide bonds. The Hall–Kier alpha value is -1.80. The van der Waals surface area contributed by atoms with E-state index >= 15 is 0 Å². The van der Waals surface area contributed by atoms with Crippen LogP contribution in [0.25, 0.3) is 11.4 Å². The van der Waals surface area contributed by atoms with E-state index in [1.165, 1.54) is 10.6 Å². The number of imidazole rings is 1. The Balaban J connectivity index is 1.80. The average molecular weight is 335 g/mol. The van der Waals surface area contributed by atoms with Gasteiger partial charge in [0.05, 0.1) is 30.0 Å². The summed E-state index contributed by atoms with van der Waals surface area (Å²) in [6.45, 7) is 3.03. The zero-order valence-corrected chi connectivity index (χ0v) is 14.4. The lowest BCUT2D eigenvalue weighted by atomic mass is 9.95. The zero-order valence-electron chi connectivity index (χ0n) is 13.6. The van der Waals surface area contributed by atoms with E-state index in [0.717, 1.165) is 35.7 Å². The zero-order chi connectivity index (χ0) is 16.6. The molecular weight excluding hydrogens is 314 g/mol. The van der Waals surface area contributed by atoms with E-state index in [0.29, 0.717) is 13.1 Å². The minimum Gasteiger partial charge on any atom is -0.330 e. The molecule has 0 aromatic carbocycles. The molecule has 7 nitrogen and oxygen atoms in total. The highest BCUT2D eigenvalue weighted by molar-refractivity contribution is 7.88. The Morgan fingerprint density at radius 2 is 1.87 bits per heavy atom. The van der Waals surface area contributed by atoms with Gasteiger partial charge in [0.1, 0.15) is 11.5 Å². The molecule has 2 aromatic rings. The first-order valence-corrected chi connectivity index (χ1v) is 9.47. The van der Waals surface area contributed by atoms with Crippen LogP contribution < -0.4 is 0 Å². The highest BCUT2D eigenvalue weighted by atomic mass is 32.2. The Morgan fingerprint density at radius 3 is 2.43 bits per heavy atom. The lowest BCUT2D eigenvalue weighted by molar-refractivity contribution is 0.318. The maximum atomic E-state index is 11.6. The summed E-state index contributed by atoms with van der Waals surface area (Å²) in [6.07, 6.45) is 8.14. The van der Waals surface area contributed by atoms with Crippen molar-refractivity contribution in [3.63, 3.8) is 0 Å². The van der Waals surface area contributed by atoms with Crippen molar-refractivity contribution in [1.82, 2.24) is 23.8 Å². The molecule has 124 valence electrons. The van der Waals surface area contributed by atoms with Crippen LogP contribution in [0.1, 0.15) is 30.3 Å². The van der Waals surface area contributed by atoms with Gasteiger partial charge in [0.15, 0.2) is 0 Å². The summed E-state index contributed by atoms with van der Waals surface area (Å²) in [4.78, 5) is 13.3. The highest BCUT2D eigenvalue weighted by Crippen LogP contribution is 2.28. The molecule has 0 radical (unpaired) electrons. The van der Waals surface area contributed by atoms with Gasteiger partial charge in [-0.2, -0.15) is 0 Å². The van der Waals surface area contributed by atoms with E-state index < -0.39 is 10.0 Å². The van der Waals surface area contributed by atoms with Crippen molar-refractivity contribution in [2.45, 2.75) is 25.7 Å². The SMILES string of the molecule is Cc1ncc(-c2cncc(C3CCN(S(C)(=O)=O)CC3)n2)n1C. The summed E-state index contributed by atoms with van der Waals surface area (Å²) in [7, 11) is -1.14. The van der Waals surface area contributed by atoms with Crippen LogP contribution >= 0.6 is 0 Å². The van der Waals surface area contributed by atoms with Gasteiger partial charge in [-0.15, -0.1) is 0 Å². The predicted octanol–water partition coefficient (Wildman–Crippen LogP) is 1.32. The molecular formula is C15H21N5O2S. The summed E-state index contributed by atoms with van der Waals surface area (Å²) in [5, 5.41) is 0. The van der Waals surface area contributed by atoms with Crippen molar-refractivity contribution in [3.8, 4) is 11.4 Å². The second-order valence-electron chi connectivity index (χ2n) is 6.02. The Kier molecular flexibility index (Phi) is 4.20. The van der Waals surface area contributed by atoms with Gasteiger partial charge < -0.3 is 4.57 Å². The fraction of sp³-hybridized carbons (Fsp3) is 0.533. The molecule has 0 unspecified atom stereocenters. The lowest BCUT2D eigenvalue weighted by Gasteiger charge is -2.29.